The SMILES string of the molecule is NC(CNC(=O)CCc1ccc2c(c1)OCCO2)C1CC1. The van der Waals surface area contributed by atoms with Crippen LogP contribution in [0.25, 0.3) is 0 Å². The molecule has 0 aromatic heterocycles. The van der Waals surface area contributed by atoms with Crippen LogP contribution in [-0.4, -0.2) is 31.7 Å². The first-order valence-electron chi connectivity index (χ1n) is 7.63. The molecule has 0 bridgehead atoms. The van der Waals surface area contributed by atoms with E-state index in [-0.39, 0.29) is 11.9 Å². The van der Waals surface area contributed by atoms with E-state index in [1.807, 2.05) is 18.2 Å². The second kappa shape index (κ2) is 6.35. The Labute approximate surface area is 124 Å². The molecule has 1 heterocycles. The van der Waals surface area contributed by atoms with Gasteiger partial charge in [-0.15, -0.1) is 0 Å². The van der Waals surface area contributed by atoms with E-state index in [1.165, 1.54) is 12.8 Å². The lowest BCUT2D eigenvalue weighted by Crippen LogP contribution is -2.38. The van der Waals surface area contributed by atoms with E-state index in [0.29, 0.717) is 38.5 Å². The first-order valence-corrected chi connectivity index (χ1v) is 7.63. The number of rotatable bonds is 6. The molecule has 1 atom stereocenters. The van der Waals surface area contributed by atoms with Gasteiger partial charge in [-0.2, -0.15) is 0 Å². The van der Waals surface area contributed by atoms with E-state index in [1.54, 1.807) is 0 Å². The third-order valence-corrected chi connectivity index (χ3v) is 4.01. The smallest absolute Gasteiger partial charge is 0.220 e. The van der Waals surface area contributed by atoms with Crippen LogP contribution < -0.4 is 20.5 Å². The number of ether oxygens (including phenoxy) is 2. The number of nitrogens with two attached hydrogens (primary N) is 1. The lowest BCUT2D eigenvalue weighted by Gasteiger charge is -2.18. The number of fused-ring (bicyclic) bond motifs is 1. The van der Waals surface area contributed by atoms with Gasteiger partial charge in [0.15, 0.2) is 11.5 Å². The second-order valence-electron chi connectivity index (χ2n) is 5.78. The fourth-order valence-corrected chi connectivity index (χ4v) is 2.51. The summed E-state index contributed by atoms with van der Waals surface area (Å²) in [5.74, 6) is 2.23. The zero-order valence-corrected chi connectivity index (χ0v) is 12.1. The number of nitrogens with one attached hydrogen (secondary N) is 1. The first-order chi connectivity index (χ1) is 10.2. The Balaban J connectivity index is 1.44. The Morgan fingerprint density at radius 1 is 1.29 bits per heavy atom. The minimum atomic E-state index is 0.0565. The van der Waals surface area contributed by atoms with Gasteiger partial charge in [-0.25, -0.2) is 0 Å². The first kappa shape index (κ1) is 14.2. The summed E-state index contributed by atoms with van der Waals surface area (Å²) in [6, 6.07) is 5.96. The number of carbonyl (C=O) groups excluding carboxylic acids is 1. The molecule has 1 fully saturated rings. The van der Waals surface area contributed by atoms with Crippen LogP contribution in [0.2, 0.25) is 0 Å². The maximum Gasteiger partial charge on any atom is 0.220 e. The molecule has 1 aliphatic heterocycles. The Kier molecular flexibility index (Phi) is 4.29. The van der Waals surface area contributed by atoms with Crippen LogP contribution in [0.4, 0.5) is 0 Å². The Morgan fingerprint density at radius 3 is 2.81 bits per heavy atom. The van der Waals surface area contributed by atoms with E-state index >= 15 is 0 Å². The summed E-state index contributed by atoms with van der Waals surface area (Å²) < 4.78 is 11.0. The van der Waals surface area contributed by atoms with Gasteiger partial charge < -0.3 is 20.5 Å². The highest BCUT2D eigenvalue weighted by atomic mass is 16.6. The van der Waals surface area contributed by atoms with Gasteiger partial charge in [-0.3, -0.25) is 4.79 Å². The molecule has 2 aliphatic rings. The molecular formula is C16H22N2O3. The maximum atomic E-state index is 11.8. The van der Waals surface area contributed by atoms with Gasteiger partial charge in [0.25, 0.3) is 0 Å². The summed E-state index contributed by atoms with van der Waals surface area (Å²) in [6.07, 6.45) is 3.57. The molecule has 1 aromatic carbocycles. The highest BCUT2D eigenvalue weighted by Crippen LogP contribution is 2.31. The van der Waals surface area contributed by atoms with E-state index in [9.17, 15) is 4.79 Å². The molecule has 3 N–H and O–H groups in total. The van der Waals surface area contributed by atoms with Crippen molar-refractivity contribution >= 4 is 5.91 Å². The molecule has 1 saturated carbocycles. The molecule has 1 aromatic rings. The van der Waals surface area contributed by atoms with Crippen LogP contribution in [0, 0.1) is 5.92 Å². The number of aryl methyl sites for hydroxylation is 1. The maximum absolute atomic E-state index is 11.8. The van der Waals surface area contributed by atoms with E-state index in [0.717, 1.165) is 17.1 Å². The Hall–Kier alpha value is -1.75. The van der Waals surface area contributed by atoms with Crippen molar-refractivity contribution in [2.24, 2.45) is 11.7 Å². The largest absolute Gasteiger partial charge is 0.486 e. The van der Waals surface area contributed by atoms with Crippen molar-refractivity contribution in [3.05, 3.63) is 23.8 Å². The number of hydrogen-bond donors (Lipinski definition) is 2. The number of benzene rings is 1. The molecule has 114 valence electrons. The van der Waals surface area contributed by atoms with Crippen molar-refractivity contribution < 1.29 is 14.3 Å². The van der Waals surface area contributed by atoms with Crippen molar-refractivity contribution in [3.63, 3.8) is 0 Å². The monoisotopic (exact) mass is 290 g/mol. The van der Waals surface area contributed by atoms with Gasteiger partial charge in [0.1, 0.15) is 13.2 Å². The van der Waals surface area contributed by atoms with Gasteiger partial charge in [-0.1, -0.05) is 6.07 Å². The van der Waals surface area contributed by atoms with E-state index < -0.39 is 0 Å². The summed E-state index contributed by atoms with van der Waals surface area (Å²) in [7, 11) is 0. The molecule has 1 amide bonds. The van der Waals surface area contributed by atoms with Crippen molar-refractivity contribution in [3.8, 4) is 11.5 Å². The molecule has 1 aliphatic carbocycles. The minimum absolute atomic E-state index is 0.0565. The molecule has 0 radical (unpaired) electrons. The summed E-state index contributed by atoms with van der Waals surface area (Å²) >= 11 is 0. The van der Waals surface area contributed by atoms with Crippen molar-refractivity contribution in [1.29, 1.82) is 0 Å². The predicted molar refractivity (Wildman–Crippen MR) is 79.5 cm³/mol. The third kappa shape index (κ3) is 3.88. The average Bonchev–Trinajstić information content (AvgIpc) is 3.35. The summed E-state index contributed by atoms with van der Waals surface area (Å²) in [4.78, 5) is 11.8. The topological polar surface area (TPSA) is 73.6 Å². The zero-order chi connectivity index (χ0) is 14.7. The van der Waals surface area contributed by atoms with Crippen LogP contribution in [0.3, 0.4) is 0 Å². The highest BCUT2D eigenvalue weighted by Gasteiger charge is 2.28. The van der Waals surface area contributed by atoms with Crippen LogP contribution in [0.5, 0.6) is 11.5 Å². The normalized spacial score (nSPS) is 18.1. The minimum Gasteiger partial charge on any atom is -0.486 e. The van der Waals surface area contributed by atoms with E-state index in [4.69, 9.17) is 15.2 Å². The fourth-order valence-electron chi connectivity index (χ4n) is 2.51. The van der Waals surface area contributed by atoms with Crippen LogP contribution in [0.15, 0.2) is 18.2 Å². The number of carbonyl (C=O) groups is 1. The predicted octanol–water partition coefficient (Wildman–Crippen LogP) is 1.24. The Bertz CT molecular complexity index is 514. The van der Waals surface area contributed by atoms with Gasteiger partial charge in [0.05, 0.1) is 0 Å². The van der Waals surface area contributed by atoms with E-state index in [2.05, 4.69) is 5.32 Å². The van der Waals surface area contributed by atoms with Gasteiger partial charge in [-0.05, 0) is 42.9 Å². The summed E-state index contributed by atoms with van der Waals surface area (Å²) in [5.41, 5.74) is 7.05. The lowest BCUT2D eigenvalue weighted by atomic mass is 10.1. The number of hydrogen-bond acceptors (Lipinski definition) is 4. The molecule has 3 rings (SSSR count). The standard InChI is InChI=1S/C16H22N2O3/c17-13(12-3-4-12)10-18-16(19)6-2-11-1-5-14-15(9-11)21-8-7-20-14/h1,5,9,12-13H,2-4,6-8,10,17H2,(H,18,19). The molecule has 21 heavy (non-hydrogen) atoms. The van der Waals surface area contributed by atoms with Crippen molar-refractivity contribution in [1.82, 2.24) is 5.32 Å². The molecule has 1 unspecified atom stereocenters. The molecule has 5 nitrogen and oxygen atoms in total. The summed E-state index contributed by atoms with van der Waals surface area (Å²) in [6.45, 7) is 1.76. The van der Waals surface area contributed by atoms with Crippen LogP contribution in [-0.2, 0) is 11.2 Å². The van der Waals surface area contributed by atoms with Crippen molar-refractivity contribution in [2.75, 3.05) is 19.8 Å². The van der Waals surface area contributed by atoms with Crippen LogP contribution in [0.1, 0.15) is 24.8 Å². The van der Waals surface area contributed by atoms with Crippen molar-refractivity contribution in [2.45, 2.75) is 31.7 Å². The van der Waals surface area contributed by atoms with Gasteiger partial charge >= 0.3 is 0 Å². The lowest BCUT2D eigenvalue weighted by molar-refractivity contribution is -0.121. The zero-order valence-electron chi connectivity index (χ0n) is 12.1. The highest BCUT2D eigenvalue weighted by molar-refractivity contribution is 5.76. The Morgan fingerprint density at radius 2 is 2.05 bits per heavy atom. The summed E-state index contributed by atoms with van der Waals surface area (Å²) in [5, 5.41) is 2.92. The third-order valence-electron chi connectivity index (χ3n) is 4.01. The van der Waals surface area contributed by atoms with Gasteiger partial charge in [0, 0.05) is 19.0 Å². The molecule has 0 spiro atoms. The number of amides is 1. The average molecular weight is 290 g/mol. The van der Waals surface area contributed by atoms with Gasteiger partial charge in [0.2, 0.25) is 5.91 Å². The fraction of sp³-hybridized carbons (Fsp3) is 0.562. The molecule has 5 heteroatoms. The molecule has 0 saturated heterocycles. The van der Waals surface area contributed by atoms with Crippen LogP contribution >= 0.6 is 0 Å². The second-order valence-corrected chi connectivity index (χ2v) is 5.78. The molecular weight excluding hydrogens is 268 g/mol. The quantitative estimate of drug-likeness (QED) is 0.827.